The lowest BCUT2D eigenvalue weighted by Gasteiger charge is -2.38. The average Bonchev–Trinajstić information content (AvgIpc) is 3.27. The standard InChI is InChI=1S/C21H28N4O3S/c1-24-9-11-25(12-10-24)19(16-5-7-17(28-2)8-6-16)15-23-21(27)20(26)22-14-18-4-3-13-29-18/h3-8,13,19H,9-12,14-15H2,1-2H3,(H,22,26)(H,23,27)/t19-/m1/s1. The molecule has 0 radical (unpaired) electrons. The van der Waals surface area contributed by atoms with Crippen molar-refractivity contribution in [3.63, 3.8) is 0 Å². The number of rotatable bonds is 7. The Morgan fingerprint density at radius 1 is 1.07 bits per heavy atom. The number of amides is 2. The molecule has 1 atom stereocenters. The number of methoxy groups -OCH3 is 1. The number of hydrogen-bond donors (Lipinski definition) is 2. The first kappa shape index (κ1) is 21.3. The van der Waals surface area contributed by atoms with Crippen LogP contribution in [0.2, 0.25) is 0 Å². The van der Waals surface area contributed by atoms with Crippen molar-refractivity contribution in [2.45, 2.75) is 12.6 Å². The van der Waals surface area contributed by atoms with Gasteiger partial charge >= 0.3 is 11.8 Å². The van der Waals surface area contributed by atoms with Crippen LogP contribution in [0.5, 0.6) is 5.75 Å². The maximum atomic E-state index is 12.3. The van der Waals surface area contributed by atoms with Crippen LogP contribution >= 0.6 is 11.3 Å². The smallest absolute Gasteiger partial charge is 0.309 e. The molecule has 0 saturated carbocycles. The number of hydrogen-bond acceptors (Lipinski definition) is 6. The molecule has 0 aliphatic carbocycles. The molecule has 2 N–H and O–H groups in total. The van der Waals surface area contributed by atoms with Gasteiger partial charge in [-0.05, 0) is 36.2 Å². The third-order valence-electron chi connectivity index (χ3n) is 5.14. The molecule has 156 valence electrons. The Bertz CT molecular complexity index is 787. The zero-order valence-electron chi connectivity index (χ0n) is 16.9. The molecule has 1 aliphatic rings. The number of nitrogens with one attached hydrogen (secondary N) is 2. The van der Waals surface area contributed by atoms with Gasteiger partial charge in [-0.1, -0.05) is 18.2 Å². The fraction of sp³-hybridized carbons (Fsp3) is 0.429. The highest BCUT2D eigenvalue weighted by molar-refractivity contribution is 7.09. The third kappa shape index (κ3) is 6.03. The summed E-state index contributed by atoms with van der Waals surface area (Å²) in [5.74, 6) is -0.415. The van der Waals surface area contributed by atoms with Crippen LogP contribution < -0.4 is 15.4 Å². The molecular formula is C21H28N4O3S. The molecule has 7 nitrogen and oxygen atoms in total. The molecule has 0 bridgehead atoms. The van der Waals surface area contributed by atoms with Gasteiger partial charge in [-0.3, -0.25) is 14.5 Å². The van der Waals surface area contributed by atoms with Gasteiger partial charge in [-0.15, -0.1) is 11.3 Å². The molecule has 2 amide bonds. The molecule has 2 aromatic rings. The molecule has 1 saturated heterocycles. The number of carbonyl (C=O) groups excluding carboxylic acids is 2. The number of piperazine rings is 1. The fourth-order valence-corrected chi connectivity index (χ4v) is 3.99. The molecule has 8 heteroatoms. The Morgan fingerprint density at radius 2 is 1.76 bits per heavy atom. The van der Waals surface area contributed by atoms with Crippen molar-refractivity contribution in [2.75, 3.05) is 46.9 Å². The Kier molecular flexibility index (Phi) is 7.62. The van der Waals surface area contributed by atoms with E-state index in [1.54, 1.807) is 18.4 Å². The second-order valence-electron chi connectivity index (χ2n) is 7.10. The molecule has 1 fully saturated rings. The van der Waals surface area contributed by atoms with Gasteiger partial charge in [-0.25, -0.2) is 0 Å². The van der Waals surface area contributed by atoms with Gasteiger partial charge in [0.2, 0.25) is 0 Å². The molecule has 3 rings (SSSR count). The number of thiophene rings is 1. The molecule has 1 aromatic carbocycles. The van der Waals surface area contributed by atoms with Crippen molar-refractivity contribution in [3.05, 3.63) is 52.2 Å². The summed E-state index contributed by atoms with van der Waals surface area (Å²) in [5, 5.41) is 7.43. The predicted molar refractivity (Wildman–Crippen MR) is 114 cm³/mol. The Hall–Kier alpha value is -2.42. The molecule has 29 heavy (non-hydrogen) atoms. The van der Waals surface area contributed by atoms with Crippen LogP contribution in [0.25, 0.3) is 0 Å². The van der Waals surface area contributed by atoms with Crippen LogP contribution in [0.3, 0.4) is 0 Å². The quantitative estimate of drug-likeness (QED) is 0.669. The average molecular weight is 417 g/mol. The second-order valence-corrected chi connectivity index (χ2v) is 8.13. The van der Waals surface area contributed by atoms with Crippen molar-refractivity contribution in [1.82, 2.24) is 20.4 Å². The number of ether oxygens (including phenoxy) is 1. The SMILES string of the molecule is COc1ccc([C@@H](CNC(=O)C(=O)NCc2cccs2)N2CCN(C)CC2)cc1. The Morgan fingerprint density at radius 3 is 2.38 bits per heavy atom. The molecule has 0 spiro atoms. The van der Waals surface area contributed by atoms with E-state index in [9.17, 15) is 9.59 Å². The van der Waals surface area contributed by atoms with E-state index < -0.39 is 11.8 Å². The lowest BCUT2D eigenvalue weighted by atomic mass is 10.0. The number of benzene rings is 1. The van der Waals surface area contributed by atoms with Gasteiger partial charge in [0.05, 0.1) is 19.7 Å². The minimum atomic E-state index is -0.606. The molecule has 1 aliphatic heterocycles. The monoisotopic (exact) mass is 416 g/mol. The van der Waals surface area contributed by atoms with Gasteiger partial charge in [0.15, 0.2) is 0 Å². The van der Waals surface area contributed by atoms with E-state index in [-0.39, 0.29) is 6.04 Å². The Labute approximate surface area is 175 Å². The van der Waals surface area contributed by atoms with E-state index in [2.05, 4.69) is 27.5 Å². The second kappa shape index (κ2) is 10.4. The minimum Gasteiger partial charge on any atom is -0.497 e. The summed E-state index contributed by atoms with van der Waals surface area (Å²) >= 11 is 1.55. The highest BCUT2D eigenvalue weighted by Gasteiger charge is 2.25. The fourth-order valence-electron chi connectivity index (χ4n) is 3.35. The van der Waals surface area contributed by atoms with E-state index in [1.165, 1.54) is 0 Å². The van der Waals surface area contributed by atoms with E-state index in [4.69, 9.17) is 4.74 Å². The third-order valence-corrected chi connectivity index (χ3v) is 6.02. The summed E-state index contributed by atoms with van der Waals surface area (Å²) in [6.45, 7) is 4.51. The lowest BCUT2D eigenvalue weighted by Crippen LogP contribution is -2.49. The number of likely N-dealkylation sites (N-methyl/N-ethyl adjacent to an activating group) is 1. The van der Waals surface area contributed by atoms with E-state index in [1.807, 2.05) is 41.8 Å². The van der Waals surface area contributed by atoms with Crippen LogP contribution in [0.4, 0.5) is 0 Å². The van der Waals surface area contributed by atoms with Crippen LogP contribution in [0.1, 0.15) is 16.5 Å². The van der Waals surface area contributed by atoms with Crippen molar-refractivity contribution in [1.29, 1.82) is 0 Å². The lowest BCUT2D eigenvalue weighted by molar-refractivity contribution is -0.139. The summed E-state index contributed by atoms with van der Waals surface area (Å²) in [6, 6.07) is 11.7. The van der Waals surface area contributed by atoms with E-state index in [0.717, 1.165) is 42.4 Å². The van der Waals surface area contributed by atoms with Crippen LogP contribution in [-0.2, 0) is 16.1 Å². The van der Waals surface area contributed by atoms with Crippen molar-refractivity contribution >= 4 is 23.2 Å². The first-order valence-corrected chi connectivity index (χ1v) is 10.6. The van der Waals surface area contributed by atoms with Crippen LogP contribution in [0.15, 0.2) is 41.8 Å². The van der Waals surface area contributed by atoms with Crippen LogP contribution in [0, 0.1) is 0 Å². The highest BCUT2D eigenvalue weighted by Crippen LogP contribution is 2.24. The molecular weight excluding hydrogens is 388 g/mol. The minimum absolute atomic E-state index is 0.00338. The summed E-state index contributed by atoms with van der Waals surface area (Å²) < 4.78 is 5.25. The van der Waals surface area contributed by atoms with Gasteiger partial charge in [0.25, 0.3) is 0 Å². The number of nitrogens with zero attached hydrogens (tertiary/aromatic N) is 2. The largest absolute Gasteiger partial charge is 0.497 e. The van der Waals surface area contributed by atoms with Crippen molar-refractivity contribution in [3.8, 4) is 5.75 Å². The van der Waals surface area contributed by atoms with Crippen molar-refractivity contribution < 1.29 is 14.3 Å². The molecule has 2 heterocycles. The van der Waals surface area contributed by atoms with Crippen LogP contribution in [-0.4, -0.2) is 68.5 Å². The van der Waals surface area contributed by atoms with Gasteiger partial charge in [0, 0.05) is 37.6 Å². The number of carbonyl (C=O) groups is 2. The normalized spacial score (nSPS) is 16.2. The zero-order valence-corrected chi connectivity index (χ0v) is 17.7. The van der Waals surface area contributed by atoms with Gasteiger partial charge in [0.1, 0.15) is 5.75 Å². The first-order chi connectivity index (χ1) is 14.1. The van der Waals surface area contributed by atoms with E-state index >= 15 is 0 Å². The Balaban J connectivity index is 1.61. The van der Waals surface area contributed by atoms with E-state index in [0.29, 0.717) is 13.1 Å². The maximum Gasteiger partial charge on any atom is 0.309 e. The molecule has 1 aromatic heterocycles. The summed E-state index contributed by atoms with van der Waals surface area (Å²) in [5.41, 5.74) is 1.09. The summed E-state index contributed by atoms with van der Waals surface area (Å²) in [6.07, 6.45) is 0. The predicted octanol–water partition coefficient (Wildman–Crippen LogP) is 1.48. The zero-order chi connectivity index (χ0) is 20.6. The first-order valence-electron chi connectivity index (χ1n) is 9.72. The van der Waals surface area contributed by atoms with Crippen molar-refractivity contribution in [2.24, 2.45) is 0 Å². The maximum absolute atomic E-state index is 12.3. The summed E-state index contributed by atoms with van der Waals surface area (Å²) in [4.78, 5) is 30.1. The highest BCUT2D eigenvalue weighted by atomic mass is 32.1. The summed E-state index contributed by atoms with van der Waals surface area (Å²) in [7, 11) is 3.75. The molecule has 0 unspecified atom stereocenters. The topological polar surface area (TPSA) is 73.9 Å². The van der Waals surface area contributed by atoms with Gasteiger partial charge in [-0.2, -0.15) is 0 Å². The van der Waals surface area contributed by atoms with Gasteiger partial charge < -0.3 is 20.3 Å².